The summed E-state index contributed by atoms with van der Waals surface area (Å²) in [5.74, 6) is 0.618. The molecule has 0 atom stereocenters. The maximum atomic E-state index is 8.69. The second-order valence-corrected chi connectivity index (χ2v) is 5.84. The molecule has 0 aliphatic heterocycles. The van der Waals surface area contributed by atoms with Gasteiger partial charge in [0.25, 0.3) is 6.26 Å². The van der Waals surface area contributed by atoms with Crippen molar-refractivity contribution in [2.45, 2.75) is 13.3 Å². The van der Waals surface area contributed by atoms with E-state index in [0.717, 1.165) is 17.5 Å². The number of fused-ring (bicyclic) bond motifs is 3. The zero-order chi connectivity index (χ0) is 15.8. The van der Waals surface area contributed by atoms with Crippen molar-refractivity contribution in [3.63, 3.8) is 0 Å². The lowest BCUT2D eigenvalue weighted by atomic mass is 9.94. The van der Waals surface area contributed by atoms with Crippen molar-refractivity contribution in [2.75, 3.05) is 0 Å². The number of ether oxygens (including phenoxy) is 1. The van der Waals surface area contributed by atoms with Crippen LogP contribution >= 0.6 is 0 Å². The van der Waals surface area contributed by atoms with E-state index in [1.165, 1.54) is 27.8 Å². The van der Waals surface area contributed by atoms with Crippen molar-refractivity contribution in [1.29, 1.82) is 5.26 Å². The molecule has 1 aliphatic carbocycles. The Bertz CT molecular complexity index is 950. The molecule has 0 radical (unpaired) electrons. The van der Waals surface area contributed by atoms with Gasteiger partial charge in [-0.1, -0.05) is 48.5 Å². The number of hydrogen-bond donors (Lipinski definition) is 0. The highest BCUT2D eigenvalue weighted by Gasteiger charge is 2.21. The van der Waals surface area contributed by atoms with Gasteiger partial charge in [0.2, 0.25) is 0 Å². The SMILES string of the molecule is Cc1cc(-c2cccc3c2Cc2ccccc2-3)ccc1OC#N. The topological polar surface area (TPSA) is 33.0 Å². The van der Waals surface area contributed by atoms with E-state index in [2.05, 4.69) is 48.5 Å². The van der Waals surface area contributed by atoms with Gasteiger partial charge in [-0.2, -0.15) is 0 Å². The summed E-state index contributed by atoms with van der Waals surface area (Å²) in [5, 5.41) is 8.69. The first-order chi connectivity index (χ1) is 11.3. The maximum Gasteiger partial charge on any atom is 0.292 e. The molecular weight excluding hydrogens is 282 g/mol. The Kier molecular flexibility index (Phi) is 3.13. The normalized spacial score (nSPS) is 11.5. The molecule has 3 aromatic rings. The molecule has 1 aliphatic rings. The molecule has 3 aromatic carbocycles. The summed E-state index contributed by atoms with van der Waals surface area (Å²) in [5.41, 5.74) is 8.82. The Morgan fingerprint density at radius 3 is 2.52 bits per heavy atom. The molecule has 0 aromatic heterocycles. The average molecular weight is 297 g/mol. The number of hydrogen-bond acceptors (Lipinski definition) is 2. The van der Waals surface area contributed by atoms with E-state index in [1.54, 1.807) is 6.26 Å². The zero-order valence-corrected chi connectivity index (χ0v) is 12.8. The fourth-order valence-corrected chi connectivity index (χ4v) is 3.41. The third kappa shape index (κ3) is 2.18. The van der Waals surface area contributed by atoms with Crippen molar-refractivity contribution in [2.24, 2.45) is 0 Å². The zero-order valence-electron chi connectivity index (χ0n) is 12.8. The lowest BCUT2D eigenvalue weighted by molar-refractivity contribution is 0.503. The van der Waals surface area contributed by atoms with Gasteiger partial charge in [-0.3, -0.25) is 0 Å². The van der Waals surface area contributed by atoms with Crippen molar-refractivity contribution >= 4 is 0 Å². The largest absolute Gasteiger partial charge is 0.388 e. The molecule has 2 heteroatoms. The van der Waals surface area contributed by atoms with Crippen molar-refractivity contribution in [3.8, 4) is 34.3 Å². The minimum absolute atomic E-state index is 0.618. The second-order valence-electron chi connectivity index (χ2n) is 5.84. The first kappa shape index (κ1) is 13.6. The first-order valence-electron chi connectivity index (χ1n) is 7.65. The van der Waals surface area contributed by atoms with E-state index in [0.29, 0.717) is 5.75 Å². The molecule has 0 saturated carbocycles. The fourth-order valence-electron chi connectivity index (χ4n) is 3.41. The van der Waals surface area contributed by atoms with Gasteiger partial charge in [0.15, 0.2) is 0 Å². The Hall–Kier alpha value is -3.05. The minimum Gasteiger partial charge on any atom is -0.388 e. The van der Waals surface area contributed by atoms with Crippen LogP contribution in [0.5, 0.6) is 5.75 Å². The van der Waals surface area contributed by atoms with Crippen LogP contribution in [0.3, 0.4) is 0 Å². The van der Waals surface area contributed by atoms with Gasteiger partial charge in [0.05, 0.1) is 0 Å². The van der Waals surface area contributed by atoms with E-state index in [9.17, 15) is 0 Å². The Morgan fingerprint density at radius 1 is 0.913 bits per heavy atom. The Morgan fingerprint density at radius 2 is 1.70 bits per heavy atom. The molecule has 0 unspecified atom stereocenters. The predicted octanol–water partition coefficient (Wildman–Crippen LogP) is 5.09. The quantitative estimate of drug-likeness (QED) is 0.483. The van der Waals surface area contributed by atoms with Crippen molar-refractivity contribution in [1.82, 2.24) is 0 Å². The molecule has 0 bridgehead atoms. The summed E-state index contributed by atoms with van der Waals surface area (Å²) >= 11 is 0. The van der Waals surface area contributed by atoms with Crippen LogP contribution in [0.25, 0.3) is 22.3 Å². The third-order valence-corrected chi connectivity index (χ3v) is 4.49. The van der Waals surface area contributed by atoms with Gasteiger partial charge < -0.3 is 4.74 Å². The number of aryl methyl sites for hydroxylation is 1. The van der Waals surface area contributed by atoms with Gasteiger partial charge in [0.1, 0.15) is 5.75 Å². The monoisotopic (exact) mass is 297 g/mol. The highest BCUT2D eigenvalue weighted by atomic mass is 16.5. The van der Waals surface area contributed by atoms with Crippen LogP contribution in [0.4, 0.5) is 0 Å². The molecule has 0 saturated heterocycles. The van der Waals surface area contributed by atoms with Crippen LogP contribution in [0.15, 0.2) is 60.7 Å². The summed E-state index contributed by atoms with van der Waals surface area (Å²) in [6.45, 7) is 1.97. The maximum absolute atomic E-state index is 8.69. The molecule has 0 fully saturated rings. The van der Waals surface area contributed by atoms with E-state index >= 15 is 0 Å². The number of rotatable bonds is 2. The Labute approximate surface area is 135 Å². The summed E-state index contributed by atoms with van der Waals surface area (Å²) in [6, 6.07) is 21.1. The van der Waals surface area contributed by atoms with Gasteiger partial charge in [-0.25, -0.2) is 0 Å². The van der Waals surface area contributed by atoms with Crippen LogP contribution in [0, 0.1) is 18.4 Å². The molecule has 0 heterocycles. The molecule has 4 rings (SSSR count). The molecular formula is C21H15NO. The molecule has 23 heavy (non-hydrogen) atoms. The Balaban J connectivity index is 1.84. The number of nitriles is 1. The molecule has 110 valence electrons. The van der Waals surface area contributed by atoms with Crippen LogP contribution in [-0.4, -0.2) is 0 Å². The van der Waals surface area contributed by atoms with Crippen molar-refractivity contribution in [3.05, 3.63) is 77.4 Å². The van der Waals surface area contributed by atoms with Crippen LogP contribution in [0.1, 0.15) is 16.7 Å². The predicted molar refractivity (Wildman–Crippen MR) is 91.1 cm³/mol. The molecule has 0 spiro atoms. The van der Waals surface area contributed by atoms with Gasteiger partial charge in [-0.15, -0.1) is 5.26 Å². The highest BCUT2D eigenvalue weighted by molar-refractivity contribution is 5.85. The van der Waals surface area contributed by atoms with Crippen molar-refractivity contribution < 1.29 is 4.74 Å². The van der Waals surface area contributed by atoms with Gasteiger partial charge in [-0.05, 0) is 64.4 Å². The van der Waals surface area contributed by atoms with Gasteiger partial charge >= 0.3 is 0 Å². The van der Waals surface area contributed by atoms with Crippen LogP contribution < -0.4 is 4.74 Å². The first-order valence-corrected chi connectivity index (χ1v) is 7.65. The second kappa shape index (κ2) is 5.30. The summed E-state index contributed by atoms with van der Waals surface area (Å²) < 4.78 is 4.98. The van der Waals surface area contributed by atoms with Gasteiger partial charge in [0, 0.05) is 0 Å². The third-order valence-electron chi connectivity index (χ3n) is 4.49. The van der Waals surface area contributed by atoms with E-state index in [1.807, 2.05) is 19.1 Å². The summed E-state index contributed by atoms with van der Waals surface area (Å²) in [7, 11) is 0. The fraction of sp³-hybridized carbons (Fsp3) is 0.0952. The highest BCUT2D eigenvalue weighted by Crippen LogP contribution is 2.41. The smallest absolute Gasteiger partial charge is 0.292 e. The molecule has 2 nitrogen and oxygen atoms in total. The minimum atomic E-state index is 0.618. The van der Waals surface area contributed by atoms with E-state index in [-0.39, 0.29) is 0 Å². The summed E-state index contributed by atoms with van der Waals surface area (Å²) in [6.07, 6.45) is 2.71. The van der Waals surface area contributed by atoms with Crippen LogP contribution in [0.2, 0.25) is 0 Å². The number of nitrogens with zero attached hydrogens (tertiary/aromatic N) is 1. The molecule has 0 amide bonds. The lowest BCUT2D eigenvalue weighted by Gasteiger charge is -2.11. The average Bonchev–Trinajstić information content (AvgIpc) is 2.95. The number of benzene rings is 3. The molecule has 0 N–H and O–H groups in total. The van der Waals surface area contributed by atoms with E-state index in [4.69, 9.17) is 10.00 Å². The van der Waals surface area contributed by atoms with Crippen LogP contribution in [-0.2, 0) is 6.42 Å². The standard InChI is InChI=1S/C21H15NO/c1-14-11-16(9-10-21(14)23-13-22)18-7-4-8-19-17-6-3-2-5-15(17)12-20(18)19/h2-11H,12H2,1H3. The lowest BCUT2D eigenvalue weighted by Crippen LogP contribution is -1.91. The van der Waals surface area contributed by atoms with E-state index < -0.39 is 0 Å². The summed E-state index contributed by atoms with van der Waals surface area (Å²) in [4.78, 5) is 0.